The van der Waals surface area contributed by atoms with Crippen LogP contribution >= 0.6 is 11.8 Å². The molecule has 2 fully saturated rings. The van der Waals surface area contributed by atoms with E-state index in [0.29, 0.717) is 5.75 Å². The van der Waals surface area contributed by atoms with Crippen LogP contribution in [-0.4, -0.2) is 22.2 Å². The van der Waals surface area contributed by atoms with Crippen LogP contribution in [0.4, 0.5) is 0 Å². The Labute approximate surface area is 75.1 Å². The van der Waals surface area contributed by atoms with Gasteiger partial charge in [-0.25, -0.2) is 0 Å². The molecule has 2 N–H and O–H groups in total. The molecular weight excluding hydrogens is 174 g/mol. The number of hydrogen-bond acceptors (Lipinski definition) is 3. The Bertz CT molecular complexity index is 253. The maximum absolute atomic E-state index is 11.3. The fourth-order valence-corrected chi connectivity index (χ4v) is 3.72. The Hall–Kier alpha value is -0.510. The van der Waals surface area contributed by atoms with E-state index in [1.165, 1.54) is 11.8 Å². The first-order valence-corrected chi connectivity index (χ1v) is 5.12. The molecule has 2 unspecified atom stereocenters. The molecule has 0 radical (unpaired) electrons. The number of primary amides is 1. The minimum Gasteiger partial charge on any atom is -0.368 e. The van der Waals surface area contributed by atoms with Crippen molar-refractivity contribution in [2.75, 3.05) is 5.75 Å². The fraction of sp³-hybridized carbons (Fsp3) is 0.750. The van der Waals surface area contributed by atoms with Crippen molar-refractivity contribution in [3.63, 3.8) is 0 Å². The van der Waals surface area contributed by atoms with Crippen LogP contribution in [0, 0.1) is 5.92 Å². The number of carbonyl (C=O) groups excluding carboxylic acids is 2. The number of carbonyl (C=O) groups is 2. The number of rotatable bonds is 1. The molecule has 2 rings (SSSR count). The number of amides is 1. The lowest BCUT2D eigenvalue weighted by atomic mass is 9.92. The van der Waals surface area contributed by atoms with E-state index in [4.69, 9.17) is 5.73 Å². The van der Waals surface area contributed by atoms with Gasteiger partial charge in [0.2, 0.25) is 5.91 Å². The van der Waals surface area contributed by atoms with Gasteiger partial charge in [0.05, 0.1) is 5.75 Å². The Kier molecular flexibility index (Phi) is 1.68. The smallest absolute Gasteiger partial charge is 0.234 e. The van der Waals surface area contributed by atoms with Gasteiger partial charge in [0.1, 0.15) is 10.5 Å². The number of thioether (sulfide) groups is 1. The molecule has 0 aromatic rings. The third-order valence-electron chi connectivity index (χ3n) is 2.88. The van der Waals surface area contributed by atoms with Gasteiger partial charge in [0.25, 0.3) is 0 Å². The zero-order valence-electron chi connectivity index (χ0n) is 6.71. The van der Waals surface area contributed by atoms with Gasteiger partial charge in [0.15, 0.2) is 0 Å². The fourth-order valence-electron chi connectivity index (χ4n) is 2.24. The Balaban J connectivity index is 2.35. The van der Waals surface area contributed by atoms with Crippen LogP contribution in [0.2, 0.25) is 0 Å². The summed E-state index contributed by atoms with van der Waals surface area (Å²) in [5, 5.41) is 0. The summed E-state index contributed by atoms with van der Waals surface area (Å²) in [7, 11) is 0. The van der Waals surface area contributed by atoms with Crippen LogP contribution in [-0.2, 0) is 9.59 Å². The first-order valence-electron chi connectivity index (χ1n) is 4.13. The number of hydrogen-bond donors (Lipinski definition) is 1. The second kappa shape index (κ2) is 2.49. The molecular formula is C8H11NO2S. The number of nitrogens with two attached hydrogens (primary N) is 1. The third-order valence-corrected chi connectivity index (χ3v) is 4.52. The van der Waals surface area contributed by atoms with Gasteiger partial charge in [-0.1, -0.05) is 6.42 Å². The molecule has 4 heteroatoms. The first-order chi connectivity index (χ1) is 5.67. The molecule has 1 saturated carbocycles. The van der Waals surface area contributed by atoms with Gasteiger partial charge in [0, 0.05) is 5.92 Å². The topological polar surface area (TPSA) is 60.2 Å². The van der Waals surface area contributed by atoms with Gasteiger partial charge >= 0.3 is 0 Å². The van der Waals surface area contributed by atoms with E-state index in [-0.39, 0.29) is 17.6 Å². The molecule has 66 valence electrons. The van der Waals surface area contributed by atoms with Gasteiger partial charge in [-0.15, -0.1) is 11.8 Å². The van der Waals surface area contributed by atoms with Crippen molar-refractivity contribution in [3.05, 3.63) is 0 Å². The van der Waals surface area contributed by atoms with Gasteiger partial charge < -0.3 is 5.73 Å². The maximum atomic E-state index is 11.3. The van der Waals surface area contributed by atoms with E-state index in [9.17, 15) is 9.59 Å². The van der Waals surface area contributed by atoms with Gasteiger partial charge in [-0.2, -0.15) is 0 Å². The molecule has 1 aliphatic carbocycles. The van der Waals surface area contributed by atoms with Crippen molar-refractivity contribution in [1.29, 1.82) is 0 Å². The molecule has 2 aliphatic rings. The molecule has 0 aromatic carbocycles. The Morgan fingerprint density at radius 3 is 3.00 bits per heavy atom. The van der Waals surface area contributed by atoms with E-state index in [0.717, 1.165) is 19.3 Å². The average molecular weight is 185 g/mol. The molecule has 2 atom stereocenters. The summed E-state index contributed by atoms with van der Waals surface area (Å²) in [5.74, 6) is 0.338. The van der Waals surface area contributed by atoms with Crippen molar-refractivity contribution >= 4 is 23.5 Å². The van der Waals surface area contributed by atoms with Crippen molar-refractivity contribution in [2.45, 2.75) is 24.0 Å². The zero-order chi connectivity index (χ0) is 8.77. The largest absolute Gasteiger partial charge is 0.368 e. The number of ketones is 1. The summed E-state index contributed by atoms with van der Waals surface area (Å²) in [6.45, 7) is 0. The highest BCUT2D eigenvalue weighted by Gasteiger charge is 2.55. The van der Waals surface area contributed by atoms with Crippen LogP contribution in [0.5, 0.6) is 0 Å². The lowest BCUT2D eigenvalue weighted by molar-refractivity contribution is -0.126. The second-order valence-corrected chi connectivity index (χ2v) is 4.76. The van der Waals surface area contributed by atoms with Crippen molar-refractivity contribution in [2.24, 2.45) is 11.7 Å². The summed E-state index contributed by atoms with van der Waals surface area (Å²) >= 11 is 1.45. The maximum Gasteiger partial charge on any atom is 0.234 e. The highest BCUT2D eigenvalue weighted by atomic mass is 32.2. The van der Waals surface area contributed by atoms with Crippen LogP contribution < -0.4 is 5.73 Å². The Morgan fingerprint density at radius 2 is 2.42 bits per heavy atom. The predicted octanol–water partition coefficient (Wildman–Crippen LogP) is 0.326. The second-order valence-electron chi connectivity index (χ2n) is 3.45. The third kappa shape index (κ3) is 0.843. The zero-order valence-corrected chi connectivity index (χ0v) is 7.52. The summed E-state index contributed by atoms with van der Waals surface area (Å²) < 4.78 is -0.517. The van der Waals surface area contributed by atoms with E-state index >= 15 is 0 Å². The van der Waals surface area contributed by atoms with Crippen LogP contribution in [0.1, 0.15) is 19.3 Å². The van der Waals surface area contributed by atoms with Crippen molar-refractivity contribution < 1.29 is 9.59 Å². The molecule has 1 aliphatic heterocycles. The predicted molar refractivity (Wildman–Crippen MR) is 46.7 cm³/mol. The van der Waals surface area contributed by atoms with Crippen molar-refractivity contribution in [3.8, 4) is 0 Å². The highest BCUT2D eigenvalue weighted by molar-refractivity contribution is 8.02. The summed E-state index contributed by atoms with van der Waals surface area (Å²) in [5.41, 5.74) is 5.32. The van der Waals surface area contributed by atoms with E-state index in [1.807, 2.05) is 0 Å². The molecule has 1 heterocycles. The molecule has 0 aromatic heterocycles. The summed E-state index contributed by atoms with van der Waals surface area (Å²) in [4.78, 5) is 22.5. The lowest BCUT2D eigenvalue weighted by Gasteiger charge is -2.22. The standard InChI is InChI=1S/C8H11NO2S/c9-7(11)8-3-1-2-5(8)6(10)4-12-8/h5H,1-4H2,(H2,9,11). The van der Waals surface area contributed by atoms with Gasteiger partial charge in [-0.3, -0.25) is 9.59 Å². The van der Waals surface area contributed by atoms with Gasteiger partial charge in [-0.05, 0) is 12.8 Å². The van der Waals surface area contributed by atoms with E-state index < -0.39 is 4.75 Å². The summed E-state index contributed by atoms with van der Waals surface area (Å²) in [6.07, 6.45) is 2.62. The minimum absolute atomic E-state index is 0.0694. The summed E-state index contributed by atoms with van der Waals surface area (Å²) in [6, 6.07) is 0. The lowest BCUT2D eigenvalue weighted by Crippen LogP contribution is -2.42. The van der Waals surface area contributed by atoms with E-state index in [2.05, 4.69) is 0 Å². The monoisotopic (exact) mass is 185 g/mol. The van der Waals surface area contributed by atoms with Crippen LogP contribution in [0.3, 0.4) is 0 Å². The number of Topliss-reactive ketones (excluding diaryl/α,β-unsaturated/α-hetero) is 1. The number of fused-ring (bicyclic) bond motifs is 1. The Morgan fingerprint density at radius 1 is 1.67 bits per heavy atom. The average Bonchev–Trinajstić information content (AvgIpc) is 2.53. The van der Waals surface area contributed by atoms with Crippen LogP contribution in [0.25, 0.3) is 0 Å². The normalized spacial score (nSPS) is 40.0. The minimum atomic E-state index is -0.517. The molecule has 1 amide bonds. The SMILES string of the molecule is NC(=O)C12CCCC1C(=O)CS2. The van der Waals surface area contributed by atoms with E-state index in [1.54, 1.807) is 0 Å². The quantitative estimate of drug-likeness (QED) is 0.640. The first kappa shape index (κ1) is 8.10. The molecule has 1 saturated heterocycles. The van der Waals surface area contributed by atoms with Crippen LogP contribution in [0.15, 0.2) is 0 Å². The highest BCUT2D eigenvalue weighted by Crippen LogP contribution is 2.51. The molecule has 3 nitrogen and oxygen atoms in total. The van der Waals surface area contributed by atoms with Crippen molar-refractivity contribution in [1.82, 2.24) is 0 Å². The molecule has 0 spiro atoms. The molecule has 0 bridgehead atoms. The molecule has 12 heavy (non-hydrogen) atoms.